The number of rotatable bonds is 6. The van der Waals surface area contributed by atoms with E-state index in [1.807, 2.05) is 139 Å². The Hall–Kier alpha value is -6.77. The Morgan fingerprint density at radius 2 is 0.861 bits per heavy atom. The standard InChI is InChI=1S/C22H16N2OS.C22H16N2O.C22H16N2S.3Pt/c1-23-15-24(17-7-3-2-4-8-17)14-20(23)16-11-12-19-18-9-5-6-10-21(18)26(25)22(19)13-16;2*1-23-15-24(17-7-3-2-4-8-17)14-20(23)16-11-12-19-18-9-5-6-10-21(18)25-22(19)13-16;;;/h2-7,9-15H,1H3;2*2-7,9-15H,1H3;;;/q3*-2;;;. The Kier molecular flexibility index (Phi) is 16.8. The number of anilines is 3. The van der Waals surface area contributed by atoms with Gasteiger partial charge in [0.05, 0.1) is 20.6 Å². The summed E-state index contributed by atoms with van der Waals surface area (Å²) in [5, 5.41) is 4.99. The molecule has 0 spiro atoms. The molecule has 1 unspecified atom stereocenters. The third kappa shape index (κ3) is 10.9. The second-order valence-electron chi connectivity index (χ2n) is 18.8. The number of thiophene rings is 1. The fourth-order valence-electron chi connectivity index (χ4n) is 10.2. The van der Waals surface area contributed by atoms with Crippen molar-refractivity contribution in [2.24, 2.45) is 0 Å². The van der Waals surface area contributed by atoms with E-state index in [0.717, 1.165) is 82.4 Å². The molecule has 402 valence electrons. The molecule has 2 aromatic heterocycles. The number of nitrogens with zero attached hydrogens (tertiary/aromatic N) is 6. The van der Waals surface area contributed by atoms with Crippen LogP contribution in [0, 0.1) is 38.2 Å². The van der Waals surface area contributed by atoms with Crippen molar-refractivity contribution in [3.63, 3.8) is 0 Å². The minimum atomic E-state index is -1.11. The van der Waals surface area contributed by atoms with Crippen LogP contribution in [0.4, 0.5) is 17.1 Å². The average molecular weight is 1610 g/mol. The van der Waals surface area contributed by atoms with Crippen molar-refractivity contribution in [2.45, 2.75) is 9.79 Å². The van der Waals surface area contributed by atoms with Crippen molar-refractivity contribution in [2.75, 3.05) is 35.8 Å². The number of para-hydroxylation sites is 4. The molecule has 0 fully saturated rings. The molecule has 0 radical (unpaired) electrons. The van der Waals surface area contributed by atoms with E-state index in [2.05, 4.69) is 180 Å². The van der Waals surface area contributed by atoms with Gasteiger partial charge in [0.15, 0.2) is 0 Å². The molecule has 4 aliphatic rings. The maximum atomic E-state index is 12.9. The van der Waals surface area contributed by atoms with Crippen LogP contribution in [0.5, 0.6) is 0 Å². The second kappa shape index (κ2) is 23.9. The minimum absolute atomic E-state index is 0. The van der Waals surface area contributed by atoms with Crippen molar-refractivity contribution in [1.82, 2.24) is 14.7 Å². The van der Waals surface area contributed by atoms with Crippen molar-refractivity contribution in [1.29, 1.82) is 0 Å². The molecule has 1 atom stereocenters. The van der Waals surface area contributed by atoms with Gasteiger partial charge in [0.25, 0.3) is 0 Å². The molecule has 9 aromatic carbocycles. The van der Waals surface area contributed by atoms with E-state index in [9.17, 15) is 4.21 Å². The van der Waals surface area contributed by atoms with Gasteiger partial charge in [-0.05, 0) is 104 Å². The van der Waals surface area contributed by atoms with Gasteiger partial charge in [-0.25, -0.2) is 4.21 Å². The summed E-state index contributed by atoms with van der Waals surface area (Å²) >= 11 is 1.86. The smallest absolute Gasteiger partial charge is 0.136 e. The number of fused-ring (bicyclic) bond motifs is 9. The van der Waals surface area contributed by atoms with Crippen molar-refractivity contribution in [3.05, 3.63) is 274 Å². The Labute approximate surface area is 510 Å². The van der Waals surface area contributed by atoms with E-state index in [4.69, 9.17) is 4.42 Å². The first-order valence-corrected chi connectivity index (χ1v) is 26.9. The normalized spacial score (nSPS) is 15.1. The molecule has 11 aromatic rings. The molecule has 0 saturated heterocycles. The van der Waals surface area contributed by atoms with E-state index in [1.165, 1.54) is 31.4 Å². The zero-order chi connectivity index (χ0) is 51.3. The Morgan fingerprint density at radius 3 is 1.44 bits per heavy atom. The molecule has 6 heterocycles. The molecular weight excluding hydrogens is 1560 g/mol. The van der Waals surface area contributed by atoms with Crippen molar-refractivity contribution >= 4 is 98.4 Å². The zero-order valence-electron chi connectivity index (χ0n) is 42.8. The molecule has 0 amide bonds. The fourth-order valence-corrected chi connectivity index (χ4v) is 12.7. The van der Waals surface area contributed by atoms with Gasteiger partial charge >= 0.3 is 0 Å². The van der Waals surface area contributed by atoms with Crippen molar-refractivity contribution < 1.29 is 71.8 Å². The summed E-state index contributed by atoms with van der Waals surface area (Å²) < 4.78 is 21.6. The van der Waals surface area contributed by atoms with Crippen LogP contribution in [-0.2, 0) is 74.0 Å². The summed E-state index contributed by atoms with van der Waals surface area (Å²) in [5.41, 5.74) is 13.9. The van der Waals surface area contributed by atoms with Gasteiger partial charge in [-0.2, -0.15) is 111 Å². The quantitative estimate of drug-likeness (QED) is 0.153. The summed E-state index contributed by atoms with van der Waals surface area (Å²) in [4.78, 5) is 14.4. The maximum absolute atomic E-state index is 12.9. The molecule has 0 saturated carbocycles. The third-order valence-corrected chi connectivity index (χ3v) is 16.6. The number of hydrogen-bond donors (Lipinski definition) is 0. The first kappa shape index (κ1) is 55.5. The summed E-state index contributed by atoms with van der Waals surface area (Å²) in [5.74, 6) is 0. The SMILES string of the molecule is CN1[CH-]N(c2[c-]cccc2)C=C1c1ccc2c(c1)S(=O)c1ccccc1-2.CN1[CH-]N(c2[c-]cccc2)C=C1c1ccc2c(c1)oc1ccccc12.CN1[CH-]N(c2[c-]cccc2)C=C1c1ccc2c(c1)sc1ccccc12.[Pt].[Pt].[Pt]. The Bertz CT molecular complexity index is 3930. The van der Waals surface area contributed by atoms with Crippen LogP contribution in [0.25, 0.3) is 70.3 Å². The Balaban J connectivity index is 0.000000131. The number of benzene rings is 9. The van der Waals surface area contributed by atoms with E-state index in [1.54, 1.807) is 0 Å². The summed E-state index contributed by atoms with van der Waals surface area (Å²) in [6, 6.07) is 77.8. The molecule has 4 aliphatic heterocycles. The average Bonchev–Trinajstić information content (AvgIpc) is 4.50. The van der Waals surface area contributed by atoms with Gasteiger partial charge in [0.2, 0.25) is 0 Å². The summed E-state index contributed by atoms with van der Waals surface area (Å²) in [6.45, 7) is 6.18. The summed E-state index contributed by atoms with van der Waals surface area (Å²) in [7, 11) is 5.05. The maximum Gasteiger partial charge on any atom is 0.136 e. The predicted octanol–water partition coefficient (Wildman–Crippen LogP) is 15.5. The van der Waals surface area contributed by atoms with Gasteiger partial charge < -0.3 is 33.8 Å². The molecular formula is C66H48N6O2Pt3S2-6. The van der Waals surface area contributed by atoms with Gasteiger partial charge in [-0.15, -0.1) is 28.4 Å². The molecule has 0 bridgehead atoms. The van der Waals surface area contributed by atoms with E-state index in [-0.39, 0.29) is 63.2 Å². The van der Waals surface area contributed by atoms with Crippen LogP contribution in [0.15, 0.2) is 233 Å². The van der Waals surface area contributed by atoms with Gasteiger partial charge in [0, 0.05) is 117 Å². The van der Waals surface area contributed by atoms with Gasteiger partial charge in [-0.3, -0.25) is 0 Å². The zero-order valence-corrected chi connectivity index (χ0v) is 51.2. The topological polar surface area (TPSA) is 49.7 Å². The minimum Gasteiger partial charge on any atom is -0.504 e. The van der Waals surface area contributed by atoms with Crippen LogP contribution in [0.3, 0.4) is 0 Å². The molecule has 13 heteroatoms. The fraction of sp³-hybridized carbons (Fsp3) is 0.0455. The Morgan fingerprint density at radius 1 is 0.418 bits per heavy atom. The second-order valence-corrected chi connectivity index (χ2v) is 21.3. The monoisotopic (exact) mass is 1610 g/mol. The number of hydrogen-bond acceptors (Lipinski definition) is 9. The van der Waals surface area contributed by atoms with Crippen LogP contribution in [0.1, 0.15) is 16.7 Å². The van der Waals surface area contributed by atoms with Crippen LogP contribution in [-0.4, -0.2) is 40.1 Å². The molecule has 15 rings (SSSR count). The van der Waals surface area contributed by atoms with Crippen molar-refractivity contribution in [3.8, 4) is 11.1 Å². The molecule has 79 heavy (non-hydrogen) atoms. The first-order chi connectivity index (χ1) is 37.3. The molecule has 0 aliphatic carbocycles. The van der Waals surface area contributed by atoms with E-state index >= 15 is 0 Å². The molecule has 0 N–H and O–H groups in total. The first-order valence-electron chi connectivity index (χ1n) is 24.9. The number of furan rings is 1. The van der Waals surface area contributed by atoms with Crippen LogP contribution < -0.4 is 14.7 Å². The third-order valence-electron chi connectivity index (χ3n) is 13.9. The summed E-state index contributed by atoms with van der Waals surface area (Å²) in [6.07, 6.45) is 6.37. The van der Waals surface area contributed by atoms with E-state index < -0.39 is 10.8 Å². The van der Waals surface area contributed by atoms with Crippen LogP contribution >= 0.6 is 11.3 Å². The van der Waals surface area contributed by atoms with Crippen LogP contribution in [0.2, 0.25) is 0 Å². The largest absolute Gasteiger partial charge is 0.504 e. The predicted molar refractivity (Wildman–Crippen MR) is 313 cm³/mol. The van der Waals surface area contributed by atoms with Gasteiger partial charge in [-0.1, -0.05) is 84.9 Å². The van der Waals surface area contributed by atoms with E-state index in [0.29, 0.717) is 0 Å². The van der Waals surface area contributed by atoms with Gasteiger partial charge in [0.1, 0.15) is 11.2 Å². The molecule has 8 nitrogen and oxygen atoms in total.